The Morgan fingerprint density at radius 2 is 1.75 bits per heavy atom. The minimum Gasteiger partial charge on any atom is -0.377 e. The first-order chi connectivity index (χ1) is 9.41. The molecule has 1 rings (SSSR count). The predicted molar refractivity (Wildman–Crippen MR) is 79.7 cm³/mol. The summed E-state index contributed by atoms with van der Waals surface area (Å²) < 4.78 is 22.7. The second-order valence-corrected chi connectivity index (χ2v) is 6.55. The van der Waals surface area contributed by atoms with Gasteiger partial charge >= 0.3 is 7.60 Å². The molecular formula is C15H21O4P. The summed E-state index contributed by atoms with van der Waals surface area (Å²) in [7, 11) is -3.31. The summed E-state index contributed by atoms with van der Waals surface area (Å²) in [5.74, 6) is 5.58. The Morgan fingerprint density at radius 3 is 2.25 bits per heavy atom. The van der Waals surface area contributed by atoms with Gasteiger partial charge in [0.15, 0.2) is 0 Å². The van der Waals surface area contributed by atoms with E-state index < -0.39 is 13.2 Å². The summed E-state index contributed by atoms with van der Waals surface area (Å²) in [5, 5.41) is 10.3. The number of hydrogen-bond acceptors (Lipinski definition) is 4. The first kappa shape index (κ1) is 16.9. The molecular weight excluding hydrogens is 275 g/mol. The van der Waals surface area contributed by atoms with Crippen LogP contribution in [-0.2, 0) is 13.6 Å². The fourth-order valence-electron chi connectivity index (χ4n) is 1.67. The quantitative estimate of drug-likeness (QED) is 0.647. The molecule has 5 heteroatoms. The Labute approximate surface area is 120 Å². The van der Waals surface area contributed by atoms with Gasteiger partial charge < -0.3 is 14.2 Å². The highest BCUT2D eigenvalue weighted by molar-refractivity contribution is 7.53. The van der Waals surface area contributed by atoms with Gasteiger partial charge in [0.1, 0.15) is 5.60 Å². The zero-order valence-electron chi connectivity index (χ0n) is 12.1. The third kappa shape index (κ3) is 5.90. The molecule has 4 nitrogen and oxygen atoms in total. The summed E-state index contributed by atoms with van der Waals surface area (Å²) in [6.07, 6.45) is -0.151. The van der Waals surface area contributed by atoms with Gasteiger partial charge in [-0.15, -0.1) is 0 Å². The molecule has 0 aliphatic carbocycles. The van der Waals surface area contributed by atoms with Crippen LogP contribution in [0.15, 0.2) is 30.3 Å². The van der Waals surface area contributed by atoms with Crippen molar-refractivity contribution >= 4 is 7.60 Å². The SMILES string of the molecule is CCOP(=O)(CC(C)(O)C#Cc1ccccc1)OCC. The molecule has 1 unspecified atom stereocenters. The molecule has 0 bridgehead atoms. The van der Waals surface area contributed by atoms with Crippen molar-refractivity contribution in [2.75, 3.05) is 19.4 Å². The Bertz CT molecular complexity index is 504. The summed E-state index contributed by atoms with van der Waals surface area (Å²) >= 11 is 0. The normalized spacial score (nSPS) is 14.2. The molecule has 110 valence electrons. The minimum absolute atomic E-state index is 0.151. The van der Waals surface area contributed by atoms with Crippen LogP contribution in [0, 0.1) is 11.8 Å². The van der Waals surface area contributed by atoms with Crippen LogP contribution >= 0.6 is 7.60 Å². The molecule has 0 radical (unpaired) electrons. The number of rotatable bonds is 6. The average Bonchev–Trinajstić information content (AvgIpc) is 2.37. The van der Waals surface area contributed by atoms with Crippen molar-refractivity contribution < 1.29 is 18.7 Å². The highest BCUT2D eigenvalue weighted by atomic mass is 31.2. The standard InChI is InChI=1S/C15H21O4P/c1-4-18-20(17,19-5-2)13-15(3,16)12-11-14-9-7-6-8-10-14/h6-10,16H,4-5,13H2,1-3H3. The zero-order chi connectivity index (χ0) is 15.1. The molecule has 0 saturated carbocycles. The van der Waals surface area contributed by atoms with Crippen molar-refractivity contribution in [2.24, 2.45) is 0 Å². The van der Waals surface area contributed by atoms with E-state index in [0.29, 0.717) is 0 Å². The second kappa shape index (κ2) is 7.61. The van der Waals surface area contributed by atoms with E-state index in [4.69, 9.17) is 9.05 Å². The van der Waals surface area contributed by atoms with E-state index in [0.717, 1.165) is 5.56 Å². The minimum atomic E-state index is -3.31. The van der Waals surface area contributed by atoms with Crippen molar-refractivity contribution in [1.29, 1.82) is 0 Å². The van der Waals surface area contributed by atoms with Gasteiger partial charge in [0.2, 0.25) is 0 Å². The van der Waals surface area contributed by atoms with Crippen LogP contribution in [-0.4, -0.2) is 30.1 Å². The molecule has 1 aromatic carbocycles. The van der Waals surface area contributed by atoms with E-state index in [-0.39, 0.29) is 19.4 Å². The van der Waals surface area contributed by atoms with Gasteiger partial charge in [-0.3, -0.25) is 4.57 Å². The van der Waals surface area contributed by atoms with Crippen LogP contribution < -0.4 is 0 Å². The molecule has 1 N–H and O–H groups in total. The lowest BCUT2D eigenvalue weighted by Crippen LogP contribution is -2.28. The predicted octanol–water partition coefficient (Wildman–Crippen LogP) is 3.06. The zero-order valence-corrected chi connectivity index (χ0v) is 13.0. The molecule has 0 heterocycles. The Morgan fingerprint density at radius 1 is 1.20 bits per heavy atom. The van der Waals surface area contributed by atoms with Crippen molar-refractivity contribution in [3.8, 4) is 11.8 Å². The summed E-state index contributed by atoms with van der Waals surface area (Å²) in [4.78, 5) is 0. The maximum Gasteiger partial charge on any atom is 0.334 e. The van der Waals surface area contributed by atoms with E-state index in [1.54, 1.807) is 13.8 Å². The van der Waals surface area contributed by atoms with Crippen LogP contribution in [0.25, 0.3) is 0 Å². The van der Waals surface area contributed by atoms with Crippen LogP contribution in [0.3, 0.4) is 0 Å². The van der Waals surface area contributed by atoms with Gasteiger partial charge in [-0.1, -0.05) is 30.0 Å². The molecule has 0 saturated heterocycles. The second-order valence-electron chi connectivity index (χ2n) is 4.49. The summed E-state index contributed by atoms with van der Waals surface area (Å²) in [6, 6.07) is 9.30. The fraction of sp³-hybridized carbons (Fsp3) is 0.467. The molecule has 0 aromatic heterocycles. The summed E-state index contributed by atoms with van der Waals surface area (Å²) in [6.45, 7) is 5.50. The molecule has 1 atom stereocenters. The van der Waals surface area contributed by atoms with Gasteiger partial charge in [-0.25, -0.2) is 0 Å². The van der Waals surface area contributed by atoms with Crippen LogP contribution in [0.4, 0.5) is 0 Å². The van der Waals surface area contributed by atoms with Gasteiger partial charge in [0.05, 0.1) is 19.4 Å². The third-order valence-electron chi connectivity index (χ3n) is 2.40. The molecule has 20 heavy (non-hydrogen) atoms. The maximum absolute atomic E-state index is 12.4. The first-order valence-electron chi connectivity index (χ1n) is 6.59. The Balaban J connectivity index is 2.83. The third-order valence-corrected chi connectivity index (χ3v) is 4.71. The lowest BCUT2D eigenvalue weighted by molar-refractivity contribution is 0.129. The van der Waals surface area contributed by atoms with Crippen molar-refractivity contribution in [3.63, 3.8) is 0 Å². The van der Waals surface area contributed by atoms with E-state index in [2.05, 4.69) is 11.8 Å². The van der Waals surface area contributed by atoms with Crippen molar-refractivity contribution in [2.45, 2.75) is 26.4 Å². The van der Waals surface area contributed by atoms with Gasteiger partial charge in [-0.05, 0) is 32.9 Å². The monoisotopic (exact) mass is 296 g/mol. The molecule has 0 aliphatic heterocycles. The van der Waals surface area contributed by atoms with E-state index in [9.17, 15) is 9.67 Å². The fourth-order valence-corrected chi connectivity index (χ4v) is 3.54. The lowest BCUT2D eigenvalue weighted by Gasteiger charge is -2.23. The molecule has 1 aromatic rings. The van der Waals surface area contributed by atoms with Crippen molar-refractivity contribution in [1.82, 2.24) is 0 Å². The average molecular weight is 296 g/mol. The van der Waals surface area contributed by atoms with Crippen molar-refractivity contribution in [3.05, 3.63) is 35.9 Å². The molecule has 0 amide bonds. The Kier molecular flexibility index (Phi) is 6.45. The van der Waals surface area contributed by atoms with Gasteiger partial charge in [0.25, 0.3) is 0 Å². The molecule has 0 aliphatic rings. The van der Waals surface area contributed by atoms with Crippen LogP contribution in [0.5, 0.6) is 0 Å². The number of hydrogen-bond donors (Lipinski definition) is 1. The molecule has 0 fully saturated rings. The highest BCUT2D eigenvalue weighted by Gasteiger charge is 2.34. The van der Waals surface area contributed by atoms with Crippen LogP contribution in [0.1, 0.15) is 26.3 Å². The van der Waals surface area contributed by atoms with E-state index >= 15 is 0 Å². The van der Waals surface area contributed by atoms with Gasteiger partial charge in [0, 0.05) is 5.56 Å². The topological polar surface area (TPSA) is 55.8 Å². The van der Waals surface area contributed by atoms with Crippen LogP contribution in [0.2, 0.25) is 0 Å². The number of aliphatic hydroxyl groups is 1. The first-order valence-corrected chi connectivity index (χ1v) is 8.32. The lowest BCUT2D eigenvalue weighted by atomic mass is 10.1. The summed E-state index contributed by atoms with van der Waals surface area (Å²) in [5.41, 5.74) is -0.647. The van der Waals surface area contributed by atoms with E-state index in [1.807, 2.05) is 30.3 Å². The van der Waals surface area contributed by atoms with Gasteiger partial charge in [-0.2, -0.15) is 0 Å². The highest BCUT2D eigenvalue weighted by Crippen LogP contribution is 2.50. The van der Waals surface area contributed by atoms with E-state index in [1.165, 1.54) is 6.92 Å². The molecule has 0 spiro atoms. The number of benzene rings is 1. The smallest absolute Gasteiger partial charge is 0.334 e. The maximum atomic E-state index is 12.4. The largest absolute Gasteiger partial charge is 0.377 e. The Hall–Kier alpha value is -1.11.